The second-order valence-electron chi connectivity index (χ2n) is 10.8. The molecule has 0 N–H and O–H groups in total. The van der Waals surface area contributed by atoms with Gasteiger partial charge in [0.1, 0.15) is 12.8 Å². The second-order valence-corrected chi connectivity index (χ2v) is 10.8. The lowest BCUT2D eigenvalue weighted by Gasteiger charge is -2.24. The highest BCUT2D eigenvalue weighted by Gasteiger charge is 2.20. The van der Waals surface area contributed by atoms with E-state index < -0.39 is 0 Å². The molecule has 0 aliphatic rings. The van der Waals surface area contributed by atoms with Gasteiger partial charge in [0.15, 0.2) is 12.4 Å². The molecule has 1 aromatic heterocycles. The summed E-state index contributed by atoms with van der Waals surface area (Å²) in [6, 6.07) is 19.8. The Bertz CT molecular complexity index is 1100. The maximum Gasteiger partial charge on any atom is 0.259 e. The predicted molar refractivity (Wildman–Crippen MR) is 162 cm³/mol. The maximum atomic E-state index is 13.6. The first-order valence-electron chi connectivity index (χ1n) is 15.1. The number of carbonyl (C=O) groups is 1. The van der Waals surface area contributed by atoms with Crippen LogP contribution in [0, 0.1) is 6.92 Å². The minimum Gasteiger partial charge on any atom is -0.493 e. The number of aryl methyl sites for hydroxylation is 1. The van der Waals surface area contributed by atoms with Crippen LogP contribution >= 0.6 is 0 Å². The molecule has 0 fully saturated rings. The third-order valence-corrected chi connectivity index (χ3v) is 7.52. The number of hydrogen-bond acceptors (Lipinski definition) is 2. The lowest BCUT2D eigenvalue weighted by Crippen LogP contribution is -2.32. The summed E-state index contributed by atoms with van der Waals surface area (Å²) in [5.41, 5.74) is 3.76. The van der Waals surface area contributed by atoms with Crippen LogP contribution in [-0.2, 0) is 13.6 Å². The number of hydrogen-bond donors (Lipinski definition) is 0. The first kappa shape index (κ1) is 30.4. The second kappa shape index (κ2) is 17.4. The molecule has 0 saturated carbocycles. The van der Waals surface area contributed by atoms with E-state index in [1.54, 1.807) is 0 Å². The van der Waals surface area contributed by atoms with Gasteiger partial charge in [0.05, 0.1) is 18.7 Å². The van der Waals surface area contributed by atoms with Crippen LogP contribution in [0.15, 0.2) is 73.1 Å². The number of pyridine rings is 1. The molecule has 39 heavy (non-hydrogen) atoms. The number of para-hydroxylation sites is 1. The van der Waals surface area contributed by atoms with E-state index in [1.807, 2.05) is 83.5 Å². The molecule has 0 unspecified atom stereocenters. The number of rotatable bonds is 18. The molecular formula is C35H49N2O2+. The van der Waals surface area contributed by atoms with Crippen molar-refractivity contribution in [2.24, 2.45) is 7.05 Å². The Balaban J connectivity index is 1.48. The lowest BCUT2D eigenvalue weighted by atomic mass is 10.1. The molecule has 0 aliphatic carbocycles. The van der Waals surface area contributed by atoms with Gasteiger partial charge in [0.25, 0.3) is 5.91 Å². The van der Waals surface area contributed by atoms with Gasteiger partial charge in [-0.2, -0.15) is 0 Å². The van der Waals surface area contributed by atoms with E-state index in [0.717, 1.165) is 35.6 Å². The summed E-state index contributed by atoms with van der Waals surface area (Å²) in [6.07, 6.45) is 19.9. The number of carbonyl (C=O) groups excluding carboxylic acids is 1. The van der Waals surface area contributed by atoms with Gasteiger partial charge in [-0.1, -0.05) is 108 Å². The molecular weight excluding hydrogens is 480 g/mol. The van der Waals surface area contributed by atoms with E-state index in [-0.39, 0.29) is 5.91 Å². The molecule has 0 radical (unpaired) electrons. The van der Waals surface area contributed by atoms with Crippen molar-refractivity contribution in [2.75, 3.05) is 11.5 Å². The molecule has 4 nitrogen and oxygen atoms in total. The third kappa shape index (κ3) is 10.5. The van der Waals surface area contributed by atoms with E-state index in [4.69, 9.17) is 4.74 Å². The van der Waals surface area contributed by atoms with Crippen molar-refractivity contribution >= 4 is 11.6 Å². The highest BCUT2D eigenvalue weighted by atomic mass is 16.5. The largest absolute Gasteiger partial charge is 0.493 e. The van der Waals surface area contributed by atoms with Crippen LogP contribution in [0.5, 0.6) is 5.75 Å². The molecule has 0 saturated heterocycles. The number of aromatic nitrogens is 1. The third-order valence-electron chi connectivity index (χ3n) is 7.52. The minimum absolute atomic E-state index is 0.0102. The van der Waals surface area contributed by atoms with Crippen LogP contribution < -0.4 is 14.2 Å². The van der Waals surface area contributed by atoms with E-state index >= 15 is 0 Å². The van der Waals surface area contributed by atoms with Crippen LogP contribution in [0.4, 0.5) is 5.69 Å². The van der Waals surface area contributed by atoms with Crippen molar-refractivity contribution in [3.63, 3.8) is 0 Å². The van der Waals surface area contributed by atoms with Crippen LogP contribution in [0.2, 0.25) is 0 Å². The van der Waals surface area contributed by atoms with Gasteiger partial charge in [-0.3, -0.25) is 4.79 Å². The fourth-order valence-corrected chi connectivity index (χ4v) is 4.97. The Labute approximate surface area is 237 Å². The summed E-state index contributed by atoms with van der Waals surface area (Å²) in [6.45, 7) is 5.61. The zero-order chi connectivity index (χ0) is 27.7. The van der Waals surface area contributed by atoms with Crippen LogP contribution in [0.3, 0.4) is 0 Å². The zero-order valence-electron chi connectivity index (χ0n) is 24.5. The average molecular weight is 530 g/mol. The minimum atomic E-state index is -0.0102. The molecule has 0 atom stereocenters. The van der Waals surface area contributed by atoms with Crippen LogP contribution in [0.1, 0.15) is 105 Å². The quantitative estimate of drug-likeness (QED) is 0.122. The Kier molecular flexibility index (Phi) is 13.6. The molecule has 2 aromatic carbocycles. The molecule has 210 valence electrons. The molecule has 1 amide bonds. The fourth-order valence-electron chi connectivity index (χ4n) is 4.97. The molecule has 0 aliphatic heterocycles. The van der Waals surface area contributed by atoms with E-state index in [9.17, 15) is 4.79 Å². The number of nitrogens with zero attached hydrogens (tertiary/aromatic N) is 2. The van der Waals surface area contributed by atoms with Crippen LogP contribution in [-0.4, -0.2) is 12.5 Å². The number of ether oxygens (including phenoxy) is 1. The Morgan fingerprint density at radius 2 is 1.33 bits per heavy atom. The summed E-state index contributed by atoms with van der Waals surface area (Å²) in [4.78, 5) is 15.4. The normalized spacial score (nSPS) is 10.9. The van der Waals surface area contributed by atoms with E-state index in [2.05, 4.69) is 19.9 Å². The zero-order valence-corrected chi connectivity index (χ0v) is 24.5. The van der Waals surface area contributed by atoms with Gasteiger partial charge in [-0.25, -0.2) is 4.57 Å². The first-order chi connectivity index (χ1) is 19.1. The summed E-state index contributed by atoms with van der Waals surface area (Å²) >= 11 is 0. The predicted octanol–water partition coefficient (Wildman–Crippen LogP) is 8.75. The SMILES string of the molecule is CCCCCCCCCCCCCCOc1cccc(CN(C(=O)c2cc[n+](C)cc2)c2ccccc2)c1C. The molecule has 0 bridgehead atoms. The van der Waals surface area contributed by atoms with E-state index in [1.165, 1.54) is 70.6 Å². The fraction of sp³-hybridized carbons (Fsp3) is 0.486. The van der Waals surface area contributed by atoms with E-state index in [0.29, 0.717) is 12.1 Å². The number of amides is 1. The van der Waals surface area contributed by atoms with Crippen molar-refractivity contribution in [3.8, 4) is 5.75 Å². The van der Waals surface area contributed by atoms with Gasteiger partial charge in [0.2, 0.25) is 0 Å². The van der Waals surface area contributed by atoms with Gasteiger partial charge in [-0.15, -0.1) is 0 Å². The maximum absolute atomic E-state index is 13.6. The summed E-state index contributed by atoms with van der Waals surface area (Å²) in [7, 11) is 1.95. The number of benzene rings is 2. The molecule has 0 spiro atoms. The van der Waals surface area contributed by atoms with Gasteiger partial charge in [0, 0.05) is 17.8 Å². The summed E-state index contributed by atoms with van der Waals surface area (Å²) in [5.74, 6) is 0.909. The van der Waals surface area contributed by atoms with Crippen molar-refractivity contribution in [2.45, 2.75) is 97.4 Å². The van der Waals surface area contributed by atoms with Crippen molar-refractivity contribution < 1.29 is 14.1 Å². The van der Waals surface area contributed by atoms with Gasteiger partial charge in [-0.05, 0) is 42.7 Å². The number of unbranched alkanes of at least 4 members (excludes halogenated alkanes) is 11. The van der Waals surface area contributed by atoms with Gasteiger partial charge >= 0.3 is 0 Å². The Hall–Kier alpha value is -3.14. The monoisotopic (exact) mass is 529 g/mol. The average Bonchev–Trinajstić information content (AvgIpc) is 2.96. The first-order valence-corrected chi connectivity index (χ1v) is 15.1. The summed E-state index contributed by atoms with van der Waals surface area (Å²) < 4.78 is 8.14. The highest BCUT2D eigenvalue weighted by molar-refractivity contribution is 6.05. The smallest absolute Gasteiger partial charge is 0.259 e. The van der Waals surface area contributed by atoms with Crippen molar-refractivity contribution in [1.82, 2.24) is 0 Å². The number of anilines is 1. The standard InChI is InChI=1S/C35H49N2O2/c1-4-5-6-7-8-9-10-11-12-13-14-18-28-39-34-23-19-20-32(30(34)2)29-37(33-21-16-15-17-22-33)35(38)31-24-26-36(3)27-25-31/h15-17,19-27H,4-14,18,28-29H2,1-3H3/q+1. The van der Waals surface area contributed by atoms with Crippen molar-refractivity contribution in [3.05, 3.63) is 89.7 Å². The van der Waals surface area contributed by atoms with Crippen LogP contribution in [0.25, 0.3) is 0 Å². The molecule has 3 rings (SSSR count). The van der Waals surface area contributed by atoms with Gasteiger partial charge < -0.3 is 9.64 Å². The molecule has 1 heterocycles. The topological polar surface area (TPSA) is 33.4 Å². The lowest BCUT2D eigenvalue weighted by molar-refractivity contribution is -0.671. The Morgan fingerprint density at radius 1 is 0.744 bits per heavy atom. The van der Waals surface area contributed by atoms with Crippen molar-refractivity contribution in [1.29, 1.82) is 0 Å². The highest BCUT2D eigenvalue weighted by Crippen LogP contribution is 2.26. The molecule has 3 aromatic rings. The molecule has 4 heteroatoms. The Morgan fingerprint density at radius 3 is 1.95 bits per heavy atom. The summed E-state index contributed by atoms with van der Waals surface area (Å²) in [5, 5.41) is 0.